The van der Waals surface area contributed by atoms with Crippen molar-refractivity contribution in [2.45, 2.75) is 18.9 Å². The summed E-state index contributed by atoms with van der Waals surface area (Å²) in [5.74, 6) is 0.785. The van der Waals surface area contributed by atoms with Crippen molar-refractivity contribution in [3.63, 3.8) is 0 Å². The van der Waals surface area contributed by atoms with Crippen molar-refractivity contribution in [3.8, 4) is 17.0 Å². The number of benzene rings is 2. The Kier molecular flexibility index (Phi) is 4.73. The number of fused-ring (bicyclic) bond motifs is 1. The topological polar surface area (TPSA) is 78.3 Å². The number of nitrogens with one attached hydrogen (secondary N) is 1. The third kappa shape index (κ3) is 3.48. The smallest absolute Gasteiger partial charge is 0.156 e. The zero-order chi connectivity index (χ0) is 18.8. The number of carbonyl (C=O) groups excluding carboxylic acids is 1. The second-order valence-electron chi connectivity index (χ2n) is 7.08. The second-order valence-corrected chi connectivity index (χ2v) is 7.08. The molecule has 3 aromatic rings. The normalized spacial score (nSPS) is 17.7. The molecule has 0 unspecified atom stereocenters. The summed E-state index contributed by atoms with van der Waals surface area (Å²) in [6.45, 7) is 2.10. The summed E-state index contributed by atoms with van der Waals surface area (Å²) >= 11 is 0. The number of likely N-dealkylation sites (tertiary alicyclic amines) is 1. The van der Waals surface area contributed by atoms with E-state index in [1.54, 1.807) is 12.1 Å². The van der Waals surface area contributed by atoms with Crippen molar-refractivity contribution in [2.24, 2.45) is 0 Å². The molecule has 1 saturated heterocycles. The maximum atomic E-state index is 10.9. The van der Waals surface area contributed by atoms with Gasteiger partial charge >= 0.3 is 0 Å². The Balaban J connectivity index is 1.75. The average molecular weight is 362 g/mol. The lowest BCUT2D eigenvalue weighted by Gasteiger charge is -2.30. The number of aromatic hydroxyl groups is 1. The molecule has 6 heteroatoms. The molecule has 0 aliphatic carbocycles. The molecule has 0 saturated carbocycles. The molecule has 1 aliphatic rings. The number of rotatable bonds is 4. The van der Waals surface area contributed by atoms with Crippen LogP contribution in [0.15, 0.2) is 42.5 Å². The van der Waals surface area contributed by atoms with E-state index in [0.717, 1.165) is 42.5 Å². The van der Waals surface area contributed by atoms with Crippen molar-refractivity contribution < 1.29 is 9.90 Å². The van der Waals surface area contributed by atoms with Crippen LogP contribution in [0.2, 0.25) is 0 Å². The van der Waals surface area contributed by atoms with Crippen molar-refractivity contribution in [1.82, 2.24) is 15.1 Å². The van der Waals surface area contributed by atoms with Crippen molar-refractivity contribution in [1.29, 1.82) is 0 Å². The standard InChI is InChI=1S/C21H22N4O2/c1-25-10-4-5-15(12-25)22-21-17-7-3-2-6-16(17)20(23-24-21)18-9-8-14(13-26)11-19(18)27/h2-3,6-9,11,13,15,27H,4-5,10,12H2,1H3,(H,22,24)/t15-/m1/s1. The number of phenolic OH excluding ortho intramolecular Hbond substituents is 1. The van der Waals surface area contributed by atoms with E-state index in [2.05, 4.69) is 27.5 Å². The number of aromatic nitrogens is 2. The molecule has 2 heterocycles. The van der Waals surface area contributed by atoms with E-state index in [1.165, 1.54) is 6.07 Å². The maximum Gasteiger partial charge on any atom is 0.156 e. The van der Waals surface area contributed by atoms with Crippen molar-refractivity contribution >= 4 is 22.9 Å². The number of piperidine rings is 1. The molecule has 0 amide bonds. The fourth-order valence-corrected chi connectivity index (χ4v) is 3.71. The van der Waals surface area contributed by atoms with E-state index in [0.29, 0.717) is 29.1 Å². The summed E-state index contributed by atoms with van der Waals surface area (Å²) in [6, 6.07) is 13.1. The van der Waals surface area contributed by atoms with Crippen LogP contribution in [-0.4, -0.2) is 52.7 Å². The predicted molar refractivity (Wildman–Crippen MR) is 106 cm³/mol. The van der Waals surface area contributed by atoms with Gasteiger partial charge in [0, 0.05) is 34.5 Å². The monoisotopic (exact) mass is 362 g/mol. The summed E-state index contributed by atoms with van der Waals surface area (Å²) < 4.78 is 0. The van der Waals surface area contributed by atoms with Crippen LogP contribution in [0.5, 0.6) is 5.75 Å². The van der Waals surface area contributed by atoms with Crippen LogP contribution in [0.4, 0.5) is 5.82 Å². The fraction of sp³-hybridized carbons (Fsp3) is 0.286. The predicted octanol–water partition coefficient (Wildman–Crippen LogP) is 3.32. The van der Waals surface area contributed by atoms with Crippen LogP contribution in [0, 0.1) is 0 Å². The van der Waals surface area contributed by atoms with Gasteiger partial charge in [-0.1, -0.05) is 30.3 Å². The Morgan fingerprint density at radius 2 is 2.00 bits per heavy atom. The minimum absolute atomic E-state index is 0.0219. The minimum atomic E-state index is 0.0219. The first-order valence-electron chi connectivity index (χ1n) is 9.15. The summed E-state index contributed by atoms with van der Waals surface area (Å²) in [5, 5.41) is 24.6. The van der Waals surface area contributed by atoms with Gasteiger partial charge in [-0.2, -0.15) is 0 Å². The Morgan fingerprint density at radius 3 is 2.74 bits per heavy atom. The molecule has 0 bridgehead atoms. The third-order valence-electron chi connectivity index (χ3n) is 5.07. The molecule has 6 nitrogen and oxygen atoms in total. The van der Waals surface area contributed by atoms with E-state index in [1.807, 2.05) is 24.3 Å². The van der Waals surface area contributed by atoms with E-state index < -0.39 is 0 Å². The van der Waals surface area contributed by atoms with Gasteiger partial charge in [0.15, 0.2) is 5.82 Å². The average Bonchev–Trinajstić information content (AvgIpc) is 2.68. The molecule has 1 aliphatic heterocycles. The van der Waals surface area contributed by atoms with Gasteiger partial charge in [0.25, 0.3) is 0 Å². The minimum Gasteiger partial charge on any atom is -0.507 e. The molecule has 0 radical (unpaired) electrons. The number of carbonyl (C=O) groups is 1. The van der Waals surface area contributed by atoms with E-state index in [9.17, 15) is 9.90 Å². The quantitative estimate of drug-likeness (QED) is 0.693. The van der Waals surface area contributed by atoms with Crippen molar-refractivity contribution in [3.05, 3.63) is 48.0 Å². The van der Waals surface area contributed by atoms with Gasteiger partial charge in [0.1, 0.15) is 17.7 Å². The Morgan fingerprint density at radius 1 is 1.19 bits per heavy atom. The number of nitrogens with zero attached hydrogens (tertiary/aromatic N) is 3. The SMILES string of the molecule is CN1CCC[C@@H](Nc2nnc(-c3ccc(C=O)cc3O)c3ccccc23)C1. The molecule has 1 aromatic heterocycles. The molecule has 2 N–H and O–H groups in total. The van der Waals surface area contributed by atoms with Crippen LogP contribution in [0.3, 0.4) is 0 Å². The largest absolute Gasteiger partial charge is 0.507 e. The van der Waals surface area contributed by atoms with Crippen molar-refractivity contribution in [2.75, 3.05) is 25.5 Å². The lowest BCUT2D eigenvalue weighted by atomic mass is 10.0. The Bertz CT molecular complexity index is 989. The zero-order valence-corrected chi connectivity index (χ0v) is 15.2. The van der Waals surface area contributed by atoms with Gasteiger partial charge in [-0.15, -0.1) is 10.2 Å². The van der Waals surface area contributed by atoms with Gasteiger partial charge in [-0.25, -0.2) is 0 Å². The highest BCUT2D eigenvalue weighted by Crippen LogP contribution is 2.35. The molecule has 1 atom stereocenters. The number of likely N-dealkylation sites (N-methyl/N-ethyl adjacent to an activating group) is 1. The second kappa shape index (κ2) is 7.32. The van der Waals surface area contributed by atoms with Crippen LogP contribution in [-0.2, 0) is 0 Å². The first-order valence-corrected chi connectivity index (χ1v) is 9.15. The number of hydrogen-bond donors (Lipinski definition) is 2. The Labute approximate surface area is 157 Å². The maximum absolute atomic E-state index is 10.9. The highest BCUT2D eigenvalue weighted by atomic mass is 16.3. The zero-order valence-electron chi connectivity index (χ0n) is 15.2. The third-order valence-corrected chi connectivity index (χ3v) is 5.07. The summed E-state index contributed by atoms with van der Waals surface area (Å²) in [7, 11) is 2.13. The van der Waals surface area contributed by atoms with Crippen LogP contribution in [0.25, 0.3) is 22.0 Å². The van der Waals surface area contributed by atoms with Gasteiger partial charge in [0.05, 0.1) is 0 Å². The van der Waals surface area contributed by atoms with Crippen LogP contribution < -0.4 is 5.32 Å². The van der Waals surface area contributed by atoms with E-state index in [4.69, 9.17) is 0 Å². The molecule has 27 heavy (non-hydrogen) atoms. The lowest BCUT2D eigenvalue weighted by molar-refractivity contribution is 0.112. The van der Waals surface area contributed by atoms with Crippen LogP contribution in [0.1, 0.15) is 23.2 Å². The highest BCUT2D eigenvalue weighted by molar-refractivity contribution is 6.01. The first kappa shape index (κ1) is 17.4. The molecule has 2 aromatic carbocycles. The van der Waals surface area contributed by atoms with Gasteiger partial charge in [0.2, 0.25) is 0 Å². The summed E-state index contributed by atoms with van der Waals surface area (Å²) in [6.07, 6.45) is 2.98. The number of hydrogen-bond acceptors (Lipinski definition) is 6. The summed E-state index contributed by atoms with van der Waals surface area (Å²) in [5.41, 5.74) is 1.59. The van der Waals surface area contributed by atoms with Gasteiger partial charge < -0.3 is 15.3 Å². The van der Waals surface area contributed by atoms with E-state index >= 15 is 0 Å². The number of phenols is 1. The van der Waals surface area contributed by atoms with Crippen LogP contribution >= 0.6 is 0 Å². The summed E-state index contributed by atoms with van der Waals surface area (Å²) in [4.78, 5) is 13.2. The fourth-order valence-electron chi connectivity index (χ4n) is 3.71. The lowest BCUT2D eigenvalue weighted by Crippen LogP contribution is -2.40. The highest BCUT2D eigenvalue weighted by Gasteiger charge is 2.20. The molecule has 0 spiro atoms. The molecular weight excluding hydrogens is 340 g/mol. The number of aldehydes is 1. The number of anilines is 1. The molecule has 1 fully saturated rings. The van der Waals surface area contributed by atoms with E-state index in [-0.39, 0.29) is 5.75 Å². The molecule has 4 rings (SSSR count). The van der Waals surface area contributed by atoms with Gasteiger partial charge in [-0.05, 0) is 38.6 Å². The molecular formula is C21H22N4O2. The molecule has 138 valence electrons. The van der Waals surface area contributed by atoms with Gasteiger partial charge in [-0.3, -0.25) is 4.79 Å². The Hall–Kier alpha value is -2.99. The first-order chi connectivity index (χ1) is 13.2.